The predicted octanol–water partition coefficient (Wildman–Crippen LogP) is 6.80. The molecule has 0 amide bonds. The molecule has 1 aliphatic rings. The Morgan fingerprint density at radius 3 is 2.12 bits per heavy atom. The van der Waals surface area contributed by atoms with E-state index in [9.17, 15) is 0 Å². The maximum Gasteiger partial charge on any atom is 0.207 e. The second kappa shape index (κ2) is 9.31. The minimum atomic E-state index is 0.0572. The smallest absolute Gasteiger partial charge is 0.207 e. The van der Waals surface area contributed by atoms with Gasteiger partial charge in [-0.05, 0) is 78.6 Å². The number of ether oxygens (including phenoxy) is 2. The predicted molar refractivity (Wildman–Crippen MR) is 139 cm³/mol. The summed E-state index contributed by atoms with van der Waals surface area (Å²) >= 11 is 1.62. The second-order valence-corrected chi connectivity index (χ2v) is 9.26. The van der Waals surface area contributed by atoms with E-state index in [4.69, 9.17) is 19.6 Å². The minimum Gasteiger partial charge on any atom is -0.497 e. The molecule has 0 N–H and O–H groups in total. The highest BCUT2D eigenvalue weighted by molar-refractivity contribution is 7.14. The van der Waals surface area contributed by atoms with E-state index in [1.54, 1.807) is 25.6 Å². The molecule has 5 rings (SSSR count). The van der Waals surface area contributed by atoms with Crippen molar-refractivity contribution >= 4 is 22.2 Å². The molecular formula is C28H27N3O2S. The summed E-state index contributed by atoms with van der Waals surface area (Å²) in [6.45, 7) is 4.27. The van der Waals surface area contributed by atoms with E-state index < -0.39 is 0 Å². The third-order valence-corrected chi connectivity index (χ3v) is 7.16. The molecular weight excluding hydrogens is 442 g/mol. The van der Waals surface area contributed by atoms with E-state index in [0.717, 1.165) is 45.6 Å². The molecule has 1 atom stereocenters. The Hall–Kier alpha value is -3.64. The lowest BCUT2D eigenvalue weighted by Crippen LogP contribution is -2.18. The van der Waals surface area contributed by atoms with Crippen molar-refractivity contribution in [3.05, 3.63) is 94.4 Å². The van der Waals surface area contributed by atoms with Crippen molar-refractivity contribution in [2.45, 2.75) is 26.3 Å². The van der Waals surface area contributed by atoms with E-state index in [2.05, 4.69) is 66.7 Å². The van der Waals surface area contributed by atoms with E-state index >= 15 is 0 Å². The fraction of sp³-hybridized carbons (Fsp3) is 0.214. The van der Waals surface area contributed by atoms with Crippen molar-refractivity contribution in [3.8, 4) is 22.8 Å². The van der Waals surface area contributed by atoms with Gasteiger partial charge in [0.15, 0.2) is 0 Å². The number of rotatable bonds is 6. The second-order valence-electron chi connectivity index (χ2n) is 8.43. The summed E-state index contributed by atoms with van der Waals surface area (Å²) in [5.74, 6) is 1.68. The molecule has 0 spiro atoms. The average molecular weight is 470 g/mol. The molecule has 4 aromatic rings. The molecule has 0 fully saturated rings. The zero-order valence-electron chi connectivity index (χ0n) is 19.8. The highest BCUT2D eigenvalue weighted by atomic mass is 32.1. The quantitative estimate of drug-likeness (QED) is 0.312. The summed E-state index contributed by atoms with van der Waals surface area (Å²) in [6, 6.07) is 22.9. The largest absolute Gasteiger partial charge is 0.497 e. The first-order chi connectivity index (χ1) is 16.6. The summed E-state index contributed by atoms with van der Waals surface area (Å²) in [4.78, 5) is 4.99. The monoisotopic (exact) mass is 469 g/mol. The SMILES string of the molecule is COc1ccc(C2=NN(c3nc(-c4ccc(C)c(C)c4)cs3)C(c3ccc(OC)cc3)C2)cc1. The van der Waals surface area contributed by atoms with Crippen molar-refractivity contribution in [1.29, 1.82) is 0 Å². The maximum atomic E-state index is 5.36. The van der Waals surface area contributed by atoms with Gasteiger partial charge >= 0.3 is 0 Å². The van der Waals surface area contributed by atoms with Gasteiger partial charge < -0.3 is 9.47 Å². The van der Waals surface area contributed by atoms with Crippen LogP contribution in [-0.2, 0) is 0 Å². The molecule has 0 bridgehead atoms. The molecule has 0 aliphatic carbocycles. The number of benzene rings is 3. The van der Waals surface area contributed by atoms with Crippen molar-refractivity contribution in [1.82, 2.24) is 4.98 Å². The molecule has 172 valence electrons. The Kier molecular flexibility index (Phi) is 6.07. The van der Waals surface area contributed by atoms with E-state index in [1.807, 2.05) is 24.3 Å². The lowest BCUT2D eigenvalue weighted by Gasteiger charge is -2.21. The van der Waals surface area contributed by atoms with Crippen LogP contribution in [0.2, 0.25) is 0 Å². The van der Waals surface area contributed by atoms with Gasteiger partial charge in [-0.25, -0.2) is 9.99 Å². The zero-order chi connectivity index (χ0) is 23.7. The number of aryl methyl sites for hydroxylation is 2. The third-order valence-electron chi connectivity index (χ3n) is 6.32. The third kappa shape index (κ3) is 4.29. The first-order valence-electron chi connectivity index (χ1n) is 11.2. The van der Waals surface area contributed by atoms with Crippen LogP contribution in [0.15, 0.2) is 77.2 Å². The van der Waals surface area contributed by atoms with Crippen LogP contribution < -0.4 is 14.5 Å². The van der Waals surface area contributed by atoms with Gasteiger partial charge in [0, 0.05) is 17.4 Å². The normalized spacial score (nSPS) is 15.4. The lowest BCUT2D eigenvalue weighted by atomic mass is 9.98. The summed E-state index contributed by atoms with van der Waals surface area (Å²) in [7, 11) is 3.37. The molecule has 1 unspecified atom stereocenters. The van der Waals surface area contributed by atoms with Crippen molar-refractivity contribution in [3.63, 3.8) is 0 Å². The summed E-state index contributed by atoms with van der Waals surface area (Å²) in [6.07, 6.45) is 0.789. The Morgan fingerprint density at radius 1 is 0.824 bits per heavy atom. The van der Waals surface area contributed by atoms with E-state index in [0.29, 0.717) is 0 Å². The molecule has 0 saturated heterocycles. The van der Waals surface area contributed by atoms with Crippen LogP contribution in [0.3, 0.4) is 0 Å². The van der Waals surface area contributed by atoms with Gasteiger partial charge in [0.2, 0.25) is 5.13 Å². The molecule has 2 heterocycles. The van der Waals surface area contributed by atoms with E-state index in [1.165, 1.54) is 16.7 Å². The lowest BCUT2D eigenvalue weighted by molar-refractivity contribution is 0.414. The molecule has 0 saturated carbocycles. The number of methoxy groups -OCH3 is 2. The first-order valence-corrected chi connectivity index (χ1v) is 12.1. The molecule has 6 heteroatoms. The van der Waals surface area contributed by atoms with E-state index in [-0.39, 0.29) is 6.04 Å². The zero-order valence-corrected chi connectivity index (χ0v) is 20.6. The highest BCUT2D eigenvalue weighted by Crippen LogP contribution is 2.40. The number of hydrazone groups is 1. The number of thiazole rings is 1. The Morgan fingerprint density at radius 2 is 1.47 bits per heavy atom. The Labute approximate surface area is 204 Å². The number of anilines is 1. The number of hydrogen-bond acceptors (Lipinski definition) is 6. The minimum absolute atomic E-state index is 0.0572. The van der Waals surface area contributed by atoms with Crippen LogP contribution in [0.4, 0.5) is 5.13 Å². The topological polar surface area (TPSA) is 47.0 Å². The van der Waals surface area contributed by atoms with Crippen LogP contribution in [0.25, 0.3) is 11.3 Å². The number of hydrogen-bond donors (Lipinski definition) is 0. The summed E-state index contributed by atoms with van der Waals surface area (Å²) < 4.78 is 10.7. The average Bonchev–Trinajstić information content (AvgIpc) is 3.54. The van der Waals surface area contributed by atoms with Crippen LogP contribution in [-0.4, -0.2) is 24.9 Å². The van der Waals surface area contributed by atoms with Gasteiger partial charge in [0.05, 0.1) is 31.7 Å². The summed E-state index contributed by atoms with van der Waals surface area (Å²) in [5.41, 5.74) is 7.96. The number of nitrogens with zero attached hydrogens (tertiary/aromatic N) is 3. The van der Waals surface area contributed by atoms with Gasteiger partial charge in [-0.15, -0.1) is 11.3 Å². The van der Waals surface area contributed by atoms with Gasteiger partial charge in [0.25, 0.3) is 0 Å². The van der Waals surface area contributed by atoms with Crippen LogP contribution in [0, 0.1) is 13.8 Å². The maximum absolute atomic E-state index is 5.36. The fourth-order valence-corrected chi connectivity index (χ4v) is 4.97. The molecule has 0 radical (unpaired) electrons. The highest BCUT2D eigenvalue weighted by Gasteiger charge is 2.32. The molecule has 3 aromatic carbocycles. The van der Waals surface area contributed by atoms with Gasteiger partial charge in [-0.3, -0.25) is 0 Å². The van der Waals surface area contributed by atoms with Crippen molar-refractivity contribution in [2.75, 3.05) is 19.2 Å². The molecule has 5 nitrogen and oxygen atoms in total. The van der Waals surface area contributed by atoms with Crippen LogP contribution >= 0.6 is 11.3 Å². The van der Waals surface area contributed by atoms with Crippen LogP contribution in [0.5, 0.6) is 11.5 Å². The van der Waals surface area contributed by atoms with Gasteiger partial charge in [-0.1, -0.05) is 24.3 Å². The first kappa shape index (κ1) is 22.2. The molecule has 34 heavy (non-hydrogen) atoms. The van der Waals surface area contributed by atoms with Crippen molar-refractivity contribution < 1.29 is 9.47 Å². The molecule has 1 aliphatic heterocycles. The van der Waals surface area contributed by atoms with Gasteiger partial charge in [0.1, 0.15) is 11.5 Å². The van der Waals surface area contributed by atoms with Crippen LogP contribution in [0.1, 0.15) is 34.7 Å². The van der Waals surface area contributed by atoms with Gasteiger partial charge in [-0.2, -0.15) is 5.10 Å². The Bertz CT molecular complexity index is 1330. The standard InChI is InChI=1S/C28H27N3O2S/c1-18-5-6-22(15-19(18)2)26-17-34-28(29-26)31-27(21-9-13-24(33-4)14-10-21)16-25(30-31)20-7-11-23(32-3)12-8-20/h5-15,17,27H,16H2,1-4H3. The Balaban J connectivity index is 1.51. The summed E-state index contributed by atoms with van der Waals surface area (Å²) in [5, 5.41) is 10.1. The fourth-order valence-electron chi connectivity index (χ4n) is 4.13. The number of aromatic nitrogens is 1. The molecule has 1 aromatic heterocycles. The van der Waals surface area contributed by atoms with Crippen molar-refractivity contribution in [2.24, 2.45) is 5.10 Å².